The highest BCUT2D eigenvalue weighted by Gasteiger charge is 2.21. The van der Waals surface area contributed by atoms with Crippen molar-refractivity contribution in [3.63, 3.8) is 0 Å². The van der Waals surface area contributed by atoms with Crippen LogP contribution in [0.15, 0.2) is 46.1 Å². The van der Waals surface area contributed by atoms with Crippen molar-refractivity contribution < 1.29 is 18.3 Å². The van der Waals surface area contributed by atoms with E-state index in [2.05, 4.69) is 10.0 Å². The van der Waals surface area contributed by atoms with E-state index in [1.54, 1.807) is 32.0 Å². The maximum atomic E-state index is 12.3. The number of aromatic hydroxyl groups is 1. The van der Waals surface area contributed by atoms with Crippen molar-refractivity contribution >= 4 is 15.9 Å². The molecule has 0 radical (unpaired) electrons. The second-order valence-corrected chi connectivity index (χ2v) is 7.79. The Hall–Kier alpha value is -2.65. The average molecular weight is 379 g/mol. The van der Waals surface area contributed by atoms with Gasteiger partial charge in [-0.2, -0.15) is 0 Å². The molecule has 0 bridgehead atoms. The highest BCUT2D eigenvalue weighted by atomic mass is 32.2. The molecule has 3 N–H and O–H groups in total. The summed E-state index contributed by atoms with van der Waals surface area (Å²) in [7, 11) is -2.31. The summed E-state index contributed by atoms with van der Waals surface area (Å²) in [4.78, 5) is 24.3. The summed E-state index contributed by atoms with van der Waals surface area (Å²) in [5.74, 6) is -1.30. The molecule has 1 aromatic heterocycles. The fourth-order valence-electron chi connectivity index (χ4n) is 2.35. The minimum atomic E-state index is -3.78. The Kier molecular flexibility index (Phi) is 5.83. The minimum absolute atomic E-state index is 0.0848. The van der Waals surface area contributed by atoms with Crippen LogP contribution < -0.4 is 15.5 Å². The molecule has 0 aliphatic heterocycles. The third-order valence-electron chi connectivity index (χ3n) is 3.65. The SMILES string of the molecule is CC(C)NC(=O)c1c(O)c(=O)cc(CNS(=O)(=O)c2ccccc2)n1C. The highest BCUT2D eigenvalue weighted by Crippen LogP contribution is 2.14. The molecule has 1 amide bonds. The molecule has 0 spiro atoms. The standard InChI is InChI=1S/C17H21N3O5S/c1-11(2)19-17(23)15-16(22)14(21)9-12(20(15)3)10-18-26(24,25)13-7-5-4-6-8-13/h4-9,11,18,22H,10H2,1-3H3,(H,19,23). The number of pyridine rings is 1. The molecule has 9 heteroatoms. The molecule has 1 heterocycles. The van der Waals surface area contributed by atoms with E-state index >= 15 is 0 Å². The lowest BCUT2D eigenvalue weighted by Crippen LogP contribution is -2.34. The normalized spacial score (nSPS) is 11.5. The summed E-state index contributed by atoms with van der Waals surface area (Å²) < 4.78 is 28.3. The van der Waals surface area contributed by atoms with Crippen LogP contribution in [-0.2, 0) is 23.6 Å². The van der Waals surface area contributed by atoms with E-state index in [0.29, 0.717) is 0 Å². The van der Waals surface area contributed by atoms with Crippen LogP contribution in [-0.4, -0.2) is 30.0 Å². The second-order valence-electron chi connectivity index (χ2n) is 6.02. The molecule has 0 aliphatic rings. The number of nitrogens with zero attached hydrogens (tertiary/aromatic N) is 1. The molecule has 2 rings (SSSR count). The number of hydrogen-bond acceptors (Lipinski definition) is 5. The molecule has 0 unspecified atom stereocenters. The highest BCUT2D eigenvalue weighted by molar-refractivity contribution is 7.89. The van der Waals surface area contributed by atoms with E-state index in [4.69, 9.17) is 0 Å². The summed E-state index contributed by atoms with van der Waals surface area (Å²) >= 11 is 0. The van der Waals surface area contributed by atoms with Crippen molar-refractivity contribution in [1.29, 1.82) is 0 Å². The largest absolute Gasteiger partial charge is 0.503 e. The van der Waals surface area contributed by atoms with E-state index in [1.807, 2.05) is 0 Å². The van der Waals surface area contributed by atoms with Gasteiger partial charge in [-0.05, 0) is 26.0 Å². The minimum Gasteiger partial charge on any atom is -0.503 e. The van der Waals surface area contributed by atoms with Crippen LogP contribution >= 0.6 is 0 Å². The molecule has 1 aromatic carbocycles. The van der Waals surface area contributed by atoms with Crippen molar-refractivity contribution in [2.24, 2.45) is 7.05 Å². The van der Waals surface area contributed by atoms with E-state index in [1.165, 1.54) is 23.7 Å². The summed E-state index contributed by atoms with van der Waals surface area (Å²) in [6, 6.07) is 8.67. The number of aromatic nitrogens is 1. The second kappa shape index (κ2) is 7.71. The molecule has 0 aliphatic carbocycles. The van der Waals surface area contributed by atoms with Gasteiger partial charge in [-0.3, -0.25) is 9.59 Å². The van der Waals surface area contributed by atoms with Crippen molar-refractivity contribution in [1.82, 2.24) is 14.6 Å². The Morgan fingerprint density at radius 1 is 1.23 bits per heavy atom. The van der Waals surface area contributed by atoms with Crippen molar-refractivity contribution in [3.05, 3.63) is 58.0 Å². The summed E-state index contributed by atoms with van der Waals surface area (Å²) in [5, 5.41) is 12.6. The summed E-state index contributed by atoms with van der Waals surface area (Å²) in [5.41, 5.74) is -0.743. The number of carbonyl (C=O) groups is 1. The van der Waals surface area contributed by atoms with Gasteiger partial charge in [0.2, 0.25) is 15.5 Å². The molecular formula is C17H21N3O5S. The molecular weight excluding hydrogens is 358 g/mol. The van der Waals surface area contributed by atoms with Crippen molar-refractivity contribution in [2.45, 2.75) is 31.3 Å². The van der Waals surface area contributed by atoms with E-state index in [9.17, 15) is 23.1 Å². The van der Waals surface area contributed by atoms with Gasteiger partial charge in [-0.15, -0.1) is 0 Å². The lowest BCUT2D eigenvalue weighted by molar-refractivity contribution is 0.0930. The quantitative estimate of drug-likeness (QED) is 0.683. The van der Waals surface area contributed by atoms with Crippen molar-refractivity contribution in [3.8, 4) is 5.75 Å². The number of rotatable bonds is 6. The van der Waals surface area contributed by atoms with Crippen LogP contribution in [0, 0.1) is 0 Å². The molecule has 0 fully saturated rings. The van der Waals surface area contributed by atoms with Crippen LogP contribution in [0.5, 0.6) is 5.75 Å². The lowest BCUT2D eigenvalue weighted by atomic mass is 10.2. The number of sulfonamides is 1. The molecule has 0 atom stereocenters. The van der Waals surface area contributed by atoms with Crippen LogP contribution in [0.25, 0.3) is 0 Å². The first-order valence-corrected chi connectivity index (χ1v) is 9.39. The van der Waals surface area contributed by atoms with Gasteiger partial charge in [0.05, 0.1) is 11.4 Å². The first-order chi connectivity index (χ1) is 12.1. The van der Waals surface area contributed by atoms with Gasteiger partial charge >= 0.3 is 0 Å². The molecule has 26 heavy (non-hydrogen) atoms. The summed E-state index contributed by atoms with van der Waals surface area (Å²) in [6.45, 7) is 3.26. The molecule has 2 aromatic rings. The molecule has 0 saturated heterocycles. The number of hydrogen-bond donors (Lipinski definition) is 3. The van der Waals surface area contributed by atoms with Crippen LogP contribution in [0.1, 0.15) is 30.0 Å². The van der Waals surface area contributed by atoms with Gasteiger partial charge in [0.25, 0.3) is 5.91 Å². The third kappa shape index (κ3) is 4.30. The number of amides is 1. The van der Waals surface area contributed by atoms with Crippen molar-refractivity contribution in [2.75, 3.05) is 0 Å². The smallest absolute Gasteiger partial charge is 0.272 e. The van der Waals surface area contributed by atoms with Gasteiger partial charge in [-0.25, -0.2) is 13.1 Å². The Labute approximate surface area is 151 Å². The predicted octanol–water partition coefficient (Wildman–Crippen LogP) is 0.708. The third-order valence-corrected chi connectivity index (χ3v) is 5.07. The predicted molar refractivity (Wildman–Crippen MR) is 96.4 cm³/mol. The zero-order valence-electron chi connectivity index (χ0n) is 14.7. The molecule has 8 nitrogen and oxygen atoms in total. The number of nitrogens with one attached hydrogen (secondary N) is 2. The Balaban J connectivity index is 2.35. The zero-order chi connectivity index (χ0) is 19.5. The molecule has 0 saturated carbocycles. The Bertz CT molecular complexity index is 966. The Morgan fingerprint density at radius 3 is 2.42 bits per heavy atom. The first-order valence-electron chi connectivity index (χ1n) is 7.91. The van der Waals surface area contributed by atoms with E-state index in [-0.39, 0.29) is 28.9 Å². The topological polar surface area (TPSA) is 118 Å². The van der Waals surface area contributed by atoms with E-state index < -0.39 is 27.1 Å². The fourth-order valence-corrected chi connectivity index (χ4v) is 3.37. The van der Waals surface area contributed by atoms with Gasteiger partial charge < -0.3 is 15.0 Å². The number of benzene rings is 1. The number of carbonyl (C=O) groups excluding carboxylic acids is 1. The lowest BCUT2D eigenvalue weighted by Gasteiger charge is -2.17. The van der Waals surface area contributed by atoms with Gasteiger partial charge in [0.15, 0.2) is 11.4 Å². The molecule has 140 valence electrons. The van der Waals surface area contributed by atoms with Gasteiger partial charge in [0.1, 0.15) is 0 Å². The van der Waals surface area contributed by atoms with E-state index in [0.717, 1.165) is 6.07 Å². The Morgan fingerprint density at radius 2 is 1.85 bits per heavy atom. The maximum Gasteiger partial charge on any atom is 0.272 e. The van der Waals surface area contributed by atoms with Crippen LogP contribution in [0.4, 0.5) is 0 Å². The first kappa shape index (κ1) is 19.7. The monoisotopic (exact) mass is 379 g/mol. The van der Waals surface area contributed by atoms with Gasteiger partial charge in [-0.1, -0.05) is 18.2 Å². The fraction of sp³-hybridized carbons (Fsp3) is 0.294. The maximum absolute atomic E-state index is 12.3. The summed E-state index contributed by atoms with van der Waals surface area (Å²) in [6.07, 6.45) is 0. The van der Waals surface area contributed by atoms with Gasteiger partial charge in [0, 0.05) is 24.8 Å². The average Bonchev–Trinajstić information content (AvgIpc) is 2.57. The van der Waals surface area contributed by atoms with Crippen LogP contribution in [0.3, 0.4) is 0 Å². The van der Waals surface area contributed by atoms with Crippen LogP contribution in [0.2, 0.25) is 0 Å². The zero-order valence-corrected chi connectivity index (χ0v) is 15.5.